The summed E-state index contributed by atoms with van der Waals surface area (Å²) in [6, 6.07) is 6.01. The van der Waals surface area contributed by atoms with Crippen molar-refractivity contribution in [3.63, 3.8) is 0 Å². The number of thiophene rings is 1. The molecule has 3 aromatic heterocycles. The molecule has 4 rings (SSSR count). The van der Waals surface area contributed by atoms with Crippen molar-refractivity contribution in [2.24, 2.45) is 0 Å². The van der Waals surface area contributed by atoms with Crippen molar-refractivity contribution in [3.05, 3.63) is 32.8 Å². The van der Waals surface area contributed by atoms with Crippen LogP contribution in [0, 0.1) is 11.3 Å². The smallest absolute Gasteiger partial charge is 0.235 e. The van der Waals surface area contributed by atoms with Crippen molar-refractivity contribution in [1.82, 2.24) is 14.8 Å². The highest BCUT2D eigenvalue weighted by molar-refractivity contribution is 9.10. The van der Waals surface area contributed by atoms with E-state index in [1.165, 1.54) is 28.0 Å². The lowest BCUT2D eigenvalue weighted by atomic mass is 9.96. The summed E-state index contributed by atoms with van der Waals surface area (Å²) in [5.41, 5.74) is 1.74. The molecule has 0 unspecified atom stereocenters. The first kappa shape index (κ1) is 21.2. The van der Waals surface area contributed by atoms with E-state index < -0.39 is 0 Å². The van der Waals surface area contributed by atoms with Crippen molar-refractivity contribution in [3.8, 4) is 17.7 Å². The molecule has 10 heteroatoms. The standard InChI is InChI=1S/C20H20BrN5O2S2/c1-11(2)26-18(14-7-8-16(21)28-14)24-25-20(26)29-10-17(27)23-19-13(9-22)12-5-3-4-6-15(12)30-19/h7-8,11H,3-6,10H2,1-2H3,(H,23,27). The maximum atomic E-state index is 12.6. The van der Waals surface area contributed by atoms with E-state index >= 15 is 0 Å². The number of nitrogens with zero attached hydrogens (tertiary/aromatic N) is 4. The predicted molar refractivity (Wildman–Crippen MR) is 121 cm³/mol. The van der Waals surface area contributed by atoms with E-state index in [1.807, 2.05) is 30.5 Å². The number of halogens is 1. The third-order valence-corrected chi connectivity index (χ3v) is 7.42. The second-order valence-corrected chi connectivity index (χ2v) is 10.1. The molecule has 156 valence electrons. The van der Waals surface area contributed by atoms with Crippen LogP contribution >= 0.6 is 39.0 Å². The van der Waals surface area contributed by atoms with Gasteiger partial charge in [0.1, 0.15) is 11.1 Å². The Morgan fingerprint density at radius 3 is 2.90 bits per heavy atom. The summed E-state index contributed by atoms with van der Waals surface area (Å²) in [6.07, 6.45) is 4.15. The van der Waals surface area contributed by atoms with Gasteiger partial charge in [-0.2, -0.15) is 5.26 Å². The minimum Gasteiger partial charge on any atom is -0.446 e. The molecule has 0 aliphatic heterocycles. The average molecular weight is 506 g/mol. The average Bonchev–Trinajstić information content (AvgIpc) is 3.42. The van der Waals surface area contributed by atoms with Crippen LogP contribution in [0.5, 0.6) is 0 Å². The van der Waals surface area contributed by atoms with Crippen LogP contribution in [0.4, 0.5) is 5.00 Å². The molecule has 0 saturated carbocycles. The summed E-state index contributed by atoms with van der Waals surface area (Å²) in [6.45, 7) is 4.06. The zero-order valence-corrected chi connectivity index (χ0v) is 19.8. The van der Waals surface area contributed by atoms with Gasteiger partial charge in [-0.25, -0.2) is 0 Å². The Bertz CT molecular complexity index is 1130. The van der Waals surface area contributed by atoms with Crippen molar-refractivity contribution in [1.29, 1.82) is 5.26 Å². The largest absolute Gasteiger partial charge is 0.446 e. The van der Waals surface area contributed by atoms with Gasteiger partial charge in [0.05, 0.1) is 11.3 Å². The number of hydrogen-bond acceptors (Lipinski definition) is 7. The van der Waals surface area contributed by atoms with Crippen molar-refractivity contribution >= 4 is 49.9 Å². The number of fused-ring (bicyclic) bond motifs is 1. The molecule has 7 nitrogen and oxygen atoms in total. The maximum absolute atomic E-state index is 12.6. The lowest BCUT2D eigenvalue weighted by molar-refractivity contribution is -0.113. The molecule has 0 bridgehead atoms. The van der Waals surface area contributed by atoms with Crippen LogP contribution in [0.1, 0.15) is 48.7 Å². The van der Waals surface area contributed by atoms with E-state index in [4.69, 9.17) is 4.42 Å². The van der Waals surface area contributed by atoms with E-state index in [1.54, 1.807) is 0 Å². The molecular weight excluding hydrogens is 486 g/mol. The highest BCUT2D eigenvalue weighted by Crippen LogP contribution is 2.38. The van der Waals surface area contributed by atoms with Gasteiger partial charge in [-0.15, -0.1) is 21.5 Å². The SMILES string of the molecule is CC(C)n1c(SCC(=O)Nc2sc3c(c2C#N)CCCC3)nnc1-c1ccc(Br)o1. The summed E-state index contributed by atoms with van der Waals surface area (Å²) >= 11 is 6.16. The fraction of sp³-hybridized carbons (Fsp3) is 0.400. The first-order valence-electron chi connectivity index (χ1n) is 9.65. The van der Waals surface area contributed by atoms with Crippen LogP contribution in [0.25, 0.3) is 11.6 Å². The van der Waals surface area contributed by atoms with E-state index in [-0.39, 0.29) is 17.7 Å². The van der Waals surface area contributed by atoms with Gasteiger partial charge < -0.3 is 9.73 Å². The number of carbonyl (C=O) groups is 1. The van der Waals surface area contributed by atoms with Crippen LogP contribution in [0.3, 0.4) is 0 Å². The molecule has 0 spiro atoms. The molecular formula is C20H20BrN5O2S2. The fourth-order valence-corrected chi connectivity index (χ4v) is 5.94. The Labute approximate surface area is 191 Å². The molecule has 0 radical (unpaired) electrons. The molecule has 1 aliphatic carbocycles. The van der Waals surface area contributed by atoms with Crippen LogP contribution in [0.15, 0.2) is 26.4 Å². The zero-order valence-electron chi connectivity index (χ0n) is 16.6. The number of amides is 1. The summed E-state index contributed by atoms with van der Waals surface area (Å²) < 4.78 is 8.19. The predicted octanol–water partition coefficient (Wildman–Crippen LogP) is 5.42. The van der Waals surface area contributed by atoms with Crippen LogP contribution < -0.4 is 5.32 Å². The third kappa shape index (κ3) is 4.19. The van der Waals surface area contributed by atoms with Crippen molar-refractivity contribution in [2.75, 3.05) is 11.1 Å². The molecule has 3 aromatic rings. The number of rotatable bonds is 6. The maximum Gasteiger partial charge on any atom is 0.235 e. The number of carbonyl (C=O) groups excluding carboxylic acids is 1. The fourth-order valence-electron chi connectivity index (χ4n) is 3.51. The quantitative estimate of drug-likeness (QED) is 0.448. The van der Waals surface area contributed by atoms with E-state index in [9.17, 15) is 10.1 Å². The number of nitriles is 1. The monoisotopic (exact) mass is 505 g/mol. The van der Waals surface area contributed by atoms with E-state index in [0.717, 1.165) is 31.2 Å². The van der Waals surface area contributed by atoms with Gasteiger partial charge in [0.2, 0.25) is 11.7 Å². The Morgan fingerprint density at radius 2 is 2.20 bits per heavy atom. The second-order valence-electron chi connectivity index (χ2n) is 7.24. The Kier molecular flexibility index (Phi) is 6.32. The Hall–Kier alpha value is -2.09. The van der Waals surface area contributed by atoms with Gasteiger partial charge in [-0.3, -0.25) is 9.36 Å². The molecule has 0 fully saturated rings. The number of furan rings is 1. The van der Waals surface area contributed by atoms with Crippen molar-refractivity contribution < 1.29 is 9.21 Å². The lowest BCUT2D eigenvalue weighted by Crippen LogP contribution is -2.15. The van der Waals surface area contributed by atoms with Crippen molar-refractivity contribution in [2.45, 2.75) is 50.7 Å². The number of aromatic nitrogens is 3. The van der Waals surface area contributed by atoms with Gasteiger partial charge in [0, 0.05) is 10.9 Å². The first-order chi connectivity index (χ1) is 14.5. The molecule has 0 aromatic carbocycles. The van der Waals surface area contributed by atoms with E-state index in [0.29, 0.717) is 32.0 Å². The summed E-state index contributed by atoms with van der Waals surface area (Å²) in [5, 5.41) is 22.3. The highest BCUT2D eigenvalue weighted by atomic mass is 79.9. The molecule has 1 aliphatic rings. The van der Waals surface area contributed by atoms with Gasteiger partial charge in [-0.1, -0.05) is 11.8 Å². The minimum absolute atomic E-state index is 0.0960. The van der Waals surface area contributed by atoms with Crippen LogP contribution in [0.2, 0.25) is 0 Å². The first-order valence-corrected chi connectivity index (χ1v) is 12.2. The van der Waals surface area contributed by atoms with Gasteiger partial charge in [0.25, 0.3) is 0 Å². The second kappa shape index (κ2) is 8.96. The molecule has 3 heterocycles. The third-order valence-electron chi connectivity index (χ3n) is 4.84. The summed E-state index contributed by atoms with van der Waals surface area (Å²) in [5.74, 6) is 1.26. The van der Waals surface area contributed by atoms with Crippen LogP contribution in [-0.2, 0) is 17.6 Å². The van der Waals surface area contributed by atoms with Gasteiger partial charge in [-0.05, 0) is 73.2 Å². The molecule has 1 N–H and O–H groups in total. The van der Waals surface area contributed by atoms with Gasteiger partial charge >= 0.3 is 0 Å². The Morgan fingerprint density at radius 1 is 1.40 bits per heavy atom. The van der Waals surface area contributed by atoms with Gasteiger partial charge in [0.15, 0.2) is 15.6 Å². The number of nitrogens with one attached hydrogen (secondary N) is 1. The molecule has 1 amide bonds. The minimum atomic E-state index is -0.157. The molecule has 30 heavy (non-hydrogen) atoms. The molecule has 0 saturated heterocycles. The number of anilines is 1. The lowest BCUT2D eigenvalue weighted by Gasteiger charge is -2.12. The normalized spacial score (nSPS) is 13.3. The number of thioether (sulfide) groups is 1. The summed E-state index contributed by atoms with van der Waals surface area (Å²) in [7, 11) is 0. The number of aryl methyl sites for hydroxylation is 1. The molecule has 0 atom stereocenters. The summed E-state index contributed by atoms with van der Waals surface area (Å²) in [4.78, 5) is 13.8. The number of hydrogen-bond donors (Lipinski definition) is 1. The zero-order chi connectivity index (χ0) is 21.3. The van der Waals surface area contributed by atoms with Crippen LogP contribution in [-0.4, -0.2) is 26.4 Å². The van der Waals surface area contributed by atoms with E-state index in [2.05, 4.69) is 37.5 Å². The highest BCUT2D eigenvalue weighted by Gasteiger charge is 2.23. The Balaban J connectivity index is 1.48. The topological polar surface area (TPSA) is 96.7 Å².